The minimum atomic E-state index is -3.60. The minimum absolute atomic E-state index is 0.155. The van der Waals surface area contributed by atoms with Crippen LogP contribution >= 0.6 is 11.3 Å². The summed E-state index contributed by atoms with van der Waals surface area (Å²) < 4.78 is 45.2. The Morgan fingerprint density at radius 3 is 2.31 bits per heavy atom. The maximum absolute atomic E-state index is 13.1. The fourth-order valence-electron chi connectivity index (χ4n) is 3.48. The van der Waals surface area contributed by atoms with Gasteiger partial charge in [0.25, 0.3) is 5.91 Å². The molecule has 0 unspecified atom stereocenters. The van der Waals surface area contributed by atoms with Gasteiger partial charge in [-0.3, -0.25) is 4.79 Å². The van der Waals surface area contributed by atoms with Crippen LogP contribution in [-0.4, -0.2) is 76.0 Å². The lowest BCUT2D eigenvalue weighted by Crippen LogP contribution is -2.48. The molecule has 3 heterocycles. The van der Waals surface area contributed by atoms with Crippen molar-refractivity contribution in [1.29, 1.82) is 0 Å². The number of carbonyl (C=O) groups is 1. The van der Waals surface area contributed by atoms with Gasteiger partial charge in [-0.2, -0.15) is 4.31 Å². The van der Waals surface area contributed by atoms with Gasteiger partial charge in [-0.25, -0.2) is 12.8 Å². The molecular formula is C19H22FN3O4S2. The number of nitrogens with zero attached hydrogens (tertiary/aromatic N) is 3. The van der Waals surface area contributed by atoms with Crippen LogP contribution in [0.15, 0.2) is 40.6 Å². The van der Waals surface area contributed by atoms with Crippen molar-refractivity contribution in [2.75, 3.05) is 57.4 Å². The number of anilines is 1. The molecule has 2 saturated heterocycles. The molecule has 0 aliphatic carbocycles. The molecule has 2 fully saturated rings. The average Bonchev–Trinajstić information content (AvgIpc) is 3.26. The van der Waals surface area contributed by atoms with Gasteiger partial charge < -0.3 is 14.5 Å². The summed E-state index contributed by atoms with van der Waals surface area (Å²) in [5.74, 6) is -0.430. The standard InChI is InChI=1S/C19H22FN3O4S2/c20-15-1-3-16(4-2-15)21-5-7-22(8-6-21)19(24)18-13-17(14-28-18)29(25,26)23-9-11-27-12-10-23/h1-4,13-14H,5-12H2. The Hall–Kier alpha value is -2.01. The van der Waals surface area contributed by atoms with Crippen LogP contribution in [0.3, 0.4) is 0 Å². The molecule has 2 aliphatic heterocycles. The summed E-state index contributed by atoms with van der Waals surface area (Å²) in [5.41, 5.74) is 0.925. The van der Waals surface area contributed by atoms with Gasteiger partial charge in [0.2, 0.25) is 10.0 Å². The zero-order chi connectivity index (χ0) is 20.4. The second-order valence-corrected chi connectivity index (χ2v) is 9.77. The highest BCUT2D eigenvalue weighted by molar-refractivity contribution is 7.89. The third-order valence-corrected chi connectivity index (χ3v) is 8.10. The van der Waals surface area contributed by atoms with Crippen LogP contribution in [0, 0.1) is 5.82 Å². The predicted octanol–water partition coefficient (Wildman–Crippen LogP) is 1.87. The van der Waals surface area contributed by atoms with E-state index in [1.54, 1.807) is 17.0 Å². The fourth-order valence-corrected chi connectivity index (χ4v) is 6.11. The summed E-state index contributed by atoms with van der Waals surface area (Å²) in [7, 11) is -3.60. The molecule has 0 bridgehead atoms. The lowest BCUT2D eigenvalue weighted by atomic mass is 10.2. The van der Waals surface area contributed by atoms with Crippen LogP contribution in [0.4, 0.5) is 10.1 Å². The highest BCUT2D eigenvalue weighted by Crippen LogP contribution is 2.25. The zero-order valence-corrected chi connectivity index (χ0v) is 17.4. The third-order valence-electron chi connectivity index (χ3n) is 5.15. The van der Waals surface area contributed by atoms with E-state index in [1.807, 2.05) is 0 Å². The monoisotopic (exact) mass is 439 g/mol. The van der Waals surface area contributed by atoms with E-state index in [1.165, 1.54) is 27.9 Å². The number of halogens is 1. The number of piperazine rings is 1. The first-order chi connectivity index (χ1) is 13.9. The van der Waals surface area contributed by atoms with Crippen LogP contribution in [0.1, 0.15) is 9.67 Å². The Morgan fingerprint density at radius 1 is 1.00 bits per heavy atom. The van der Waals surface area contributed by atoms with Crippen molar-refractivity contribution in [2.24, 2.45) is 0 Å². The number of sulfonamides is 1. The zero-order valence-electron chi connectivity index (χ0n) is 15.8. The largest absolute Gasteiger partial charge is 0.379 e. The average molecular weight is 440 g/mol. The number of rotatable bonds is 4. The number of ether oxygens (including phenoxy) is 1. The van der Waals surface area contributed by atoms with E-state index in [9.17, 15) is 17.6 Å². The van der Waals surface area contributed by atoms with Gasteiger partial charge in [0.05, 0.1) is 23.0 Å². The van der Waals surface area contributed by atoms with Crippen molar-refractivity contribution in [3.8, 4) is 0 Å². The molecule has 0 N–H and O–H groups in total. The molecular weight excluding hydrogens is 417 g/mol. The van der Waals surface area contributed by atoms with Crippen molar-refractivity contribution in [2.45, 2.75) is 4.90 Å². The molecule has 1 aromatic carbocycles. The molecule has 0 spiro atoms. The normalized spacial score (nSPS) is 18.8. The molecule has 10 heteroatoms. The van der Waals surface area contributed by atoms with Crippen molar-refractivity contribution in [1.82, 2.24) is 9.21 Å². The Balaban J connectivity index is 1.40. The SMILES string of the molecule is O=C(c1cc(S(=O)(=O)N2CCOCC2)cs1)N1CCN(c2ccc(F)cc2)CC1. The molecule has 2 aromatic rings. The minimum Gasteiger partial charge on any atom is -0.379 e. The molecule has 29 heavy (non-hydrogen) atoms. The molecule has 4 rings (SSSR count). The Bertz CT molecular complexity index is 964. The highest BCUT2D eigenvalue weighted by atomic mass is 32.2. The van der Waals surface area contributed by atoms with E-state index < -0.39 is 10.0 Å². The van der Waals surface area contributed by atoms with E-state index in [4.69, 9.17) is 4.74 Å². The van der Waals surface area contributed by atoms with Crippen molar-refractivity contribution in [3.63, 3.8) is 0 Å². The topological polar surface area (TPSA) is 70.2 Å². The quantitative estimate of drug-likeness (QED) is 0.728. The number of hydrogen-bond donors (Lipinski definition) is 0. The van der Waals surface area contributed by atoms with Gasteiger partial charge in [0, 0.05) is 50.3 Å². The van der Waals surface area contributed by atoms with E-state index in [0.717, 1.165) is 17.0 Å². The van der Waals surface area contributed by atoms with E-state index in [2.05, 4.69) is 4.90 Å². The molecule has 2 aliphatic rings. The van der Waals surface area contributed by atoms with Gasteiger partial charge in [-0.1, -0.05) is 0 Å². The lowest BCUT2D eigenvalue weighted by Gasteiger charge is -2.36. The van der Waals surface area contributed by atoms with Gasteiger partial charge in [-0.05, 0) is 30.3 Å². The first-order valence-electron chi connectivity index (χ1n) is 9.41. The molecule has 0 saturated carbocycles. The van der Waals surface area contributed by atoms with Crippen LogP contribution in [0.2, 0.25) is 0 Å². The van der Waals surface area contributed by atoms with Crippen LogP contribution < -0.4 is 4.90 Å². The van der Waals surface area contributed by atoms with Crippen molar-refractivity contribution < 1.29 is 22.3 Å². The Labute approximate surface area is 173 Å². The summed E-state index contributed by atoms with van der Waals surface area (Å²) >= 11 is 1.16. The number of amides is 1. The molecule has 1 aromatic heterocycles. The number of benzene rings is 1. The molecule has 7 nitrogen and oxygen atoms in total. The summed E-state index contributed by atoms with van der Waals surface area (Å²) in [6, 6.07) is 7.79. The first-order valence-corrected chi connectivity index (χ1v) is 11.7. The van der Waals surface area contributed by atoms with Gasteiger partial charge >= 0.3 is 0 Å². The second-order valence-electron chi connectivity index (χ2n) is 6.92. The fraction of sp³-hybridized carbons (Fsp3) is 0.421. The van der Waals surface area contributed by atoms with E-state index in [0.29, 0.717) is 57.4 Å². The van der Waals surface area contributed by atoms with E-state index >= 15 is 0 Å². The van der Waals surface area contributed by atoms with Crippen LogP contribution in [0.25, 0.3) is 0 Å². The molecule has 0 atom stereocenters. The predicted molar refractivity (Wildman–Crippen MR) is 108 cm³/mol. The summed E-state index contributed by atoms with van der Waals surface area (Å²) in [5, 5.41) is 1.53. The van der Waals surface area contributed by atoms with Gasteiger partial charge in [-0.15, -0.1) is 11.3 Å². The second kappa shape index (κ2) is 8.39. The Kier molecular flexibility index (Phi) is 5.86. The van der Waals surface area contributed by atoms with Crippen molar-refractivity contribution >= 4 is 33.0 Å². The summed E-state index contributed by atoms with van der Waals surface area (Å²) in [6.07, 6.45) is 0. The Morgan fingerprint density at radius 2 is 1.66 bits per heavy atom. The third kappa shape index (κ3) is 4.30. The van der Waals surface area contributed by atoms with Crippen LogP contribution in [0.5, 0.6) is 0 Å². The number of morpholine rings is 1. The maximum Gasteiger partial charge on any atom is 0.264 e. The van der Waals surface area contributed by atoms with Gasteiger partial charge in [0.1, 0.15) is 5.82 Å². The summed E-state index contributed by atoms with van der Waals surface area (Å²) in [4.78, 5) is 17.3. The smallest absolute Gasteiger partial charge is 0.264 e. The van der Waals surface area contributed by atoms with Crippen LogP contribution in [-0.2, 0) is 14.8 Å². The summed E-state index contributed by atoms with van der Waals surface area (Å²) in [6.45, 7) is 3.75. The maximum atomic E-state index is 13.1. The number of thiophene rings is 1. The highest BCUT2D eigenvalue weighted by Gasteiger charge is 2.29. The molecule has 0 radical (unpaired) electrons. The molecule has 1 amide bonds. The first kappa shape index (κ1) is 20.3. The number of hydrogen-bond acceptors (Lipinski definition) is 6. The molecule has 156 valence electrons. The van der Waals surface area contributed by atoms with Gasteiger partial charge in [0.15, 0.2) is 0 Å². The number of carbonyl (C=O) groups excluding carboxylic acids is 1. The van der Waals surface area contributed by atoms with E-state index in [-0.39, 0.29) is 16.6 Å². The van der Waals surface area contributed by atoms with Crippen molar-refractivity contribution in [3.05, 3.63) is 46.4 Å². The lowest BCUT2D eigenvalue weighted by molar-refractivity contribution is 0.0730.